The number of hydrogen-bond acceptors (Lipinski definition) is 4. The predicted molar refractivity (Wildman–Crippen MR) is 103 cm³/mol. The van der Waals surface area contributed by atoms with Gasteiger partial charge >= 0.3 is 6.03 Å². The molecular formula is C21H22N2O4. The second-order valence-electron chi connectivity index (χ2n) is 6.27. The molecule has 1 heterocycles. The Bertz CT molecular complexity index is 906. The third-order valence-corrected chi connectivity index (χ3v) is 4.50. The van der Waals surface area contributed by atoms with Crippen LogP contribution in [0.2, 0.25) is 0 Å². The van der Waals surface area contributed by atoms with E-state index < -0.39 is 6.04 Å². The number of rotatable bonds is 5. The van der Waals surface area contributed by atoms with Crippen molar-refractivity contribution >= 4 is 17.5 Å². The number of Topliss-reactive ketones (excluding diaryl/α,β-unsaturated/α-hetero) is 1. The molecule has 0 aromatic heterocycles. The number of hydrogen-bond donors (Lipinski definition) is 2. The molecule has 0 aliphatic carbocycles. The monoisotopic (exact) mass is 366 g/mol. The summed E-state index contributed by atoms with van der Waals surface area (Å²) in [6.07, 6.45) is 0. The Morgan fingerprint density at radius 3 is 2.56 bits per heavy atom. The molecule has 1 aliphatic heterocycles. The molecule has 3 rings (SSSR count). The summed E-state index contributed by atoms with van der Waals surface area (Å²) in [7, 11) is 0. The Balaban J connectivity index is 2.10. The second-order valence-corrected chi connectivity index (χ2v) is 6.27. The number of ether oxygens (including phenoxy) is 1. The van der Waals surface area contributed by atoms with Crippen molar-refractivity contribution in [2.75, 3.05) is 11.5 Å². The summed E-state index contributed by atoms with van der Waals surface area (Å²) < 4.78 is 5.43. The standard InChI is InChI=1S/C21H22N2O4/c1-4-27-18-12-15(10-11-17(18)25)20-19(14(3)24)13(2)23(21(26)22-20)16-8-6-5-7-9-16/h5-12,20,25H,4H2,1-3H3,(H,22,26)/t20-/m0/s1. The number of para-hydroxylation sites is 1. The van der Waals surface area contributed by atoms with E-state index in [9.17, 15) is 14.7 Å². The lowest BCUT2D eigenvalue weighted by atomic mass is 9.92. The largest absolute Gasteiger partial charge is 0.504 e. The highest BCUT2D eigenvalue weighted by Crippen LogP contribution is 2.37. The van der Waals surface area contributed by atoms with Crippen molar-refractivity contribution in [1.82, 2.24) is 5.32 Å². The number of carbonyl (C=O) groups is 2. The number of allylic oxidation sites excluding steroid dienone is 1. The van der Waals surface area contributed by atoms with E-state index in [2.05, 4.69) is 5.32 Å². The lowest BCUT2D eigenvalue weighted by Gasteiger charge is -2.35. The van der Waals surface area contributed by atoms with Gasteiger partial charge in [-0.1, -0.05) is 24.3 Å². The number of anilines is 1. The highest BCUT2D eigenvalue weighted by atomic mass is 16.5. The van der Waals surface area contributed by atoms with Crippen molar-refractivity contribution in [2.24, 2.45) is 0 Å². The van der Waals surface area contributed by atoms with Gasteiger partial charge in [-0.25, -0.2) is 4.79 Å². The first kappa shape index (κ1) is 18.5. The number of nitrogens with zero attached hydrogens (tertiary/aromatic N) is 1. The van der Waals surface area contributed by atoms with Crippen LogP contribution >= 0.6 is 0 Å². The Morgan fingerprint density at radius 2 is 1.93 bits per heavy atom. The molecule has 2 aromatic rings. The molecule has 0 saturated carbocycles. The Morgan fingerprint density at radius 1 is 1.22 bits per heavy atom. The van der Waals surface area contributed by atoms with Gasteiger partial charge in [-0.3, -0.25) is 9.69 Å². The summed E-state index contributed by atoms with van der Waals surface area (Å²) in [6.45, 7) is 5.46. The molecule has 0 fully saturated rings. The van der Waals surface area contributed by atoms with E-state index in [4.69, 9.17) is 4.74 Å². The maximum atomic E-state index is 12.8. The van der Waals surface area contributed by atoms with Gasteiger partial charge in [0.25, 0.3) is 0 Å². The van der Waals surface area contributed by atoms with Gasteiger partial charge in [-0.05, 0) is 50.6 Å². The molecule has 0 spiro atoms. The van der Waals surface area contributed by atoms with Crippen LogP contribution in [0.25, 0.3) is 0 Å². The first-order chi connectivity index (χ1) is 12.9. The minimum Gasteiger partial charge on any atom is -0.504 e. The van der Waals surface area contributed by atoms with Crippen LogP contribution in [0.5, 0.6) is 11.5 Å². The van der Waals surface area contributed by atoms with Gasteiger partial charge in [0.2, 0.25) is 0 Å². The molecule has 0 saturated heterocycles. The van der Waals surface area contributed by atoms with Crippen molar-refractivity contribution in [3.05, 3.63) is 65.4 Å². The molecule has 6 nitrogen and oxygen atoms in total. The summed E-state index contributed by atoms with van der Waals surface area (Å²) in [5.74, 6) is 0.193. The zero-order chi connectivity index (χ0) is 19.6. The zero-order valence-electron chi connectivity index (χ0n) is 15.5. The highest BCUT2D eigenvalue weighted by Gasteiger charge is 2.35. The average molecular weight is 366 g/mol. The molecule has 2 amide bonds. The van der Waals surface area contributed by atoms with E-state index in [1.54, 1.807) is 19.1 Å². The molecule has 27 heavy (non-hydrogen) atoms. The molecule has 2 aromatic carbocycles. The van der Waals surface area contributed by atoms with Crippen molar-refractivity contribution in [3.8, 4) is 11.5 Å². The summed E-state index contributed by atoms with van der Waals surface area (Å²) in [6, 6.07) is 13.1. The maximum absolute atomic E-state index is 12.8. The van der Waals surface area contributed by atoms with Gasteiger partial charge in [0.05, 0.1) is 18.3 Å². The first-order valence-corrected chi connectivity index (χ1v) is 8.77. The number of aromatic hydroxyl groups is 1. The Hall–Kier alpha value is -3.28. The van der Waals surface area contributed by atoms with Crippen LogP contribution in [0, 0.1) is 0 Å². The SMILES string of the molecule is CCOc1cc([C@@H]2NC(=O)N(c3ccccc3)C(C)=C2C(C)=O)ccc1O. The topological polar surface area (TPSA) is 78.9 Å². The zero-order valence-corrected chi connectivity index (χ0v) is 15.5. The molecule has 0 radical (unpaired) electrons. The van der Waals surface area contributed by atoms with E-state index in [-0.39, 0.29) is 17.6 Å². The smallest absolute Gasteiger partial charge is 0.326 e. The van der Waals surface area contributed by atoms with Crippen molar-refractivity contribution in [3.63, 3.8) is 0 Å². The fourth-order valence-electron chi connectivity index (χ4n) is 3.32. The molecule has 0 bridgehead atoms. The van der Waals surface area contributed by atoms with Gasteiger partial charge in [0.15, 0.2) is 17.3 Å². The minimum absolute atomic E-state index is 0.0127. The molecule has 1 atom stereocenters. The van der Waals surface area contributed by atoms with Crippen LogP contribution in [0.3, 0.4) is 0 Å². The molecule has 1 aliphatic rings. The predicted octanol–water partition coefficient (Wildman–Crippen LogP) is 3.92. The molecular weight excluding hydrogens is 344 g/mol. The molecule has 2 N–H and O–H groups in total. The minimum atomic E-state index is -0.616. The molecule has 6 heteroatoms. The number of urea groups is 1. The van der Waals surface area contributed by atoms with Crippen LogP contribution in [0.4, 0.5) is 10.5 Å². The van der Waals surface area contributed by atoms with Crippen LogP contribution in [-0.4, -0.2) is 23.5 Å². The number of amides is 2. The van der Waals surface area contributed by atoms with Crippen LogP contribution in [-0.2, 0) is 4.79 Å². The van der Waals surface area contributed by atoms with Crippen molar-refractivity contribution in [1.29, 1.82) is 0 Å². The Kier molecular flexibility index (Phi) is 5.16. The van der Waals surface area contributed by atoms with E-state index in [1.807, 2.05) is 37.3 Å². The lowest BCUT2D eigenvalue weighted by molar-refractivity contribution is -0.114. The molecule has 140 valence electrons. The highest BCUT2D eigenvalue weighted by molar-refractivity contribution is 6.04. The lowest BCUT2D eigenvalue weighted by Crippen LogP contribution is -2.47. The number of benzene rings is 2. The number of phenols is 1. The third kappa shape index (κ3) is 3.51. The summed E-state index contributed by atoms with van der Waals surface area (Å²) in [5.41, 5.74) is 2.42. The number of nitrogens with one attached hydrogen (secondary N) is 1. The van der Waals surface area contributed by atoms with Crippen molar-refractivity contribution < 1.29 is 19.4 Å². The van der Waals surface area contributed by atoms with Crippen LogP contribution in [0.1, 0.15) is 32.4 Å². The van der Waals surface area contributed by atoms with Gasteiger partial charge in [0.1, 0.15) is 0 Å². The van der Waals surface area contributed by atoms with E-state index >= 15 is 0 Å². The second kappa shape index (κ2) is 7.53. The van der Waals surface area contributed by atoms with Gasteiger partial charge in [0, 0.05) is 11.3 Å². The number of carbonyl (C=O) groups excluding carboxylic acids is 2. The van der Waals surface area contributed by atoms with Crippen LogP contribution in [0.15, 0.2) is 59.8 Å². The van der Waals surface area contributed by atoms with E-state index in [0.717, 1.165) is 0 Å². The summed E-state index contributed by atoms with van der Waals surface area (Å²) in [4.78, 5) is 26.8. The van der Waals surface area contributed by atoms with Crippen LogP contribution < -0.4 is 15.0 Å². The quantitative estimate of drug-likeness (QED) is 0.840. The first-order valence-electron chi connectivity index (χ1n) is 8.77. The third-order valence-electron chi connectivity index (χ3n) is 4.50. The average Bonchev–Trinajstić information content (AvgIpc) is 2.63. The number of ketones is 1. The molecule has 0 unspecified atom stereocenters. The van der Waals surface area contributed by atoms with Gasteiger partial charge in [-0.2, -0.15) is 0 Å². The summed E-state index contributed by atoms with van der Waals surface area (Å²) >= 11 is 0. The van der Waals surface area contributed by atoms with E-state index in [0.29, 0.717) is 34.9 Å². The fourth-order valence-corrected chi connectivity index (χ4v) is 3.32. The Labute approximate surface area is 158 Å². The fraction of sp³-hybridized carbons (Fsp3) is 0.238. The van der Waals surface area contributed by atoms with E-state index in [1.165, 1.54) is 17.9 Å². The maximum Gasteiger partial charge on any atom is 0.326 e. The van der Waals surface area contributed by atoms with Gasteiger partial charge < -0.3 is 15.2 Å². The van der Waals surface area contributed by atoms with Crippen molar-refractivity contribution in [2.45, 2.75) is 26.8 Å². The van der Waals surface area contributed by atoms with Gasteiger partial charge in [-0.15, -0.1) is 0 Å². The number of phenolic OH excluding ortho intramolecular Hbond substituents is 1. The summed E-state index contributed by atoms with van der Waals surface area (Å²) in [5, 5.41) is 12.8. The normalized spacial score (nSPS) is 16.9.